The summed E-state index contributed by atoms with van der Waals surface area (Å²) in [5.74, 6) is -6.38. The lowest BCUT2D eigenvalue weighted by atomic mass is 9.66. The maximum Gasteiger partial charge on any atom is 0.453 e. The van der Waals surface area contributed by atoms with Crippen LogP contribution >= 0.6 is 0 Å². The molecule has 0 bridgehead atoms. The molecule has 112 valence electrons. The minimum Gasteiger partial charge on any atom is -0.196 e. The van der Waals surface area contributed by atoms with Crippen LogP contribution in [-0.4, -0.2) is 12.1 Å². The molecule has 2 saturated carbocycles. The quantitative estimate of drug-likeness (QED) is 0.581. The third-order valence-electron chi connectivity index (χ3n) is 4.92. The van der Waals surface area contributed by atoms with Gasteiger partial charge in [-0.15, -0.1) is 0 Å². The maximum absolute atomic E-state index is 13.7. The van der Waals surface area contributed by atoms with E-state index in [-0.39, 0.29) is 12.3 Å². The van der Waals surface area contributed by atoms with Gasteiger partial charge in [0.15, 0.2) is 0 Å². The fourth-order valence-corrected chi connectivity index (χ4v) is 3.95. The number of alkyl halides is 5. The summed E-state index contributed by atoms with van der Waals surface area (Å²) in [6.07, 6.45) is 1.16. The van der Waals surface area contributed by atoms with Gasteiger partial charge in [-0.05, 0) is 24.7 Å². The molecule has 0 amide bonds. The zero-order valence-electron chi connectivity index (χ0n) is 11.0. The molecule has 2 aliphatic rings. The lowest BCUT2D eigenvalue weighted by Gasteiger charge is -2.42. The van der Waals surface area contributed by atoms with Crippen LogP contribution < -0.4 is 0 Å². The van der Waals surface area contributed by atoms with Gasteiger partial charge in [0.1, 0.15) is 0 Å². The zero-order chi connectivity index (χ0) is 14.1. The van der Waals surface area contributed by atoms with Gasteiger partial charge in [-0.25, -0.2) is 0 Å². The van der Waals surface area contributed by atoms with Crippen LogP contribution in [0, 0.1) is 17.8 Å². The fraction of sp³-hybridized carbons (Fsp3) is 1.00. The molecule has 2 atom stereocenters. The summed E-state index contributed by atoms with van der Waals surface area (Å²) in [6.45, 7) is 0. The fourth-order valence-electron chi connectivity index (χ4n) is 3.95. The summed E-state index contributed by atoms with van der Waals surface area (Å²) in [5.41, 5.74) is 0. The van der Waals surface area contributed by atoms with Crippen LogP contribution in [0.5, 0.6) is 0 Å². The van der Waals surface area contributed by atoms with Crippen molar-refractivity contribution in [1.82, 2.24) is 0 Å². The second-order valence-corrected chi connectivity index (χ2v) is 6.07. The van der Waals surface area contributed by atoms with Crippen molar-refractivity contribution in [3.05, 3.63) is 0 Å². The van der Waals surface area contributed by atoms with Crippen molar-refractivity contribution < 1.29 is 22.0 Å². The van der Waals surface area contributed by atoms with Gasteiger partial charge in [0.2, 0.25) is 0 Å². The summed E-state index contributed by atoms with van der Waals surface area (Å²) >= 11 is 0. The predicted molar refractivity (Wildman–Crippen MR) is 63.0 cm³/mol. The standard InChI is InChI=1S/C14H21F5/c15-13(16,14(17,18)19)12-9-5-4-8-11(12)10-6-2-1-3-7-10/h10-12H,1-9H2/t11-,12?/m0/s1. The van der Waals surface area contributed by atoms with Crippen molar-refractivity contribution in [2.45, 2.75) is 69.9 Å². The molecule has 0 saturated heterocycles. The molecule has 0 aliphatic heterocycles. The van der Waals surface area contributed by atoms with Crippen LogP contribution in [0.3, 0.4) is 0 Å². The molecule has 0 aromatic rings. The summed E-state index contributed by atoms with van der Waals surface area (Å²) in [6, 6.07) is 0. The molecule has 0 heterocycles. The highest BCUT2D eigenvalue weighted by Gasteiger charge is 2.64. The van der Waals surface area contributed by atoms with Crippen LogP contribution in [0.25, 0.3) is 0 Å². The molecule has 0 N–H and O–H groups in total. The Bertz CT molecular complexity index is 291. The summed E-state index contributed by atoms with van der Waals surface area (Å²) < 4.78 is 65.2. The highest BCUT2D eigenvalue weighted by molar-refractivity contribution is 4.93. The monoisotopic (exact) mass is 284 g/mol. The first-order valence-corrected chi connectivity index (χ1v) is 7.28. The molecule has 19 heavy (non-hydrogen) atoms. The smallest absolute Gasteiger partial charge is 0.196 e. The second kappa shape index (κ2) is 5.57. The van der Waals surface area contributed by atoms with Gasteiger partial charge < -0.3 is 0 Å². The number of hydrogen-bond donors (Lipinski definition) is 0. The van der Waals surface area contributed by atoms with Crippen molar-refractivity contribution in [2.75, 3.05) is 0 Å². The minimum absolute atomic E-state index is 0.0215. The predicted octanol–water partition coefficient (Wildman–Crippen LogP) is 5.57. The summed E-state index contributed by atoms with van der Waals surface area (Å²) in [5, 5.41) is 0. The molecule has 0 aromatic carbocycles. The van der Waals surface area contributed by atoms with E-state index in [1.807, 2.05) is 0 Å². The Kier molecular flexibility index (Phi) is 4.41. The number of rotatable bonds is 2. The van der Waals surface area contributed by atoms with E-state index in [1.54, 1.807) is 0 Å². The van der Waals surface area contributed by atoms with Crippen LogP contribution in [0.1, 0.15) is 57.8 Å². The highest BCUT2D eigenvalue weighted by atomic mass is 19.4. The Morgan fingerprint density at radius 1 is 0.632 bits per heavy atom. The van der Waals surface area contributed by atoms with Gasteiger partial charge >= 0.3 is 12.1 Å². The Labute approximate surface area is 110 Å². The third kappa shape index (κ3) is 3.05. The Hall–Kier alpha value is -0.350. The molecule has 0 radical (unpaired) electrons. The molecule has 5 heteroatoms. The van der Waals surface area contributed by atoms with E-state index in [9.17, 15) is 22.0 Å². The van der Waals surface area contributed by atoms with Gasteiger partial charge in [0.25, 0.3) is 0 Å². The van der Waals surface area contributed by atoms with Crippen LogP contribution in [-0.2, 0) is 0 Å². The van der Waals surface area contributed by atoms with Crippen LogP contribution in [0.15, 0.2) is 0 Å². The lowest BCUT2D eigenvalue weighted by Crippen LogP contribution is -2.49. The molecule has 2 rings (SSSR count). The minimum atomic E-state index is -5.40. The highest BCUT2D eigenvalue weighted by Crippen LogP contribution is 2.52. The average molecular weight is 284 g/mol. The maximum atomic E-state index is 13.7. The SMILES string of the molecule is FC(F)(F)C(F)(F)C1CCCC[C@H]1C1CCCCC1. The number of hydrogen-bond acceptors (Lipinski definition) is 0. The van der Waals surface area contributed by atoms with Crippen LogP contribution in [0.4, 0.5) is 22.0 Å². The second-order valence-electron chi connectivity index (χ2n) is 6.07. The largest absolute Gasteiger partial charge is 0.453 e. The van der Waals surface area contributed by atoms with Crippen molar-refractivity contribution in [3.63, 3.8) is 0 Å². The van der Waals surface area contributed by atoms with Crippen molar-refractivity contribution in [1.29, 1.82) is 0 Å². The van der Waals surface area contributed by atoms with Crippen molar-refractivity contribution >= 4 is 0 Å². The Morgan fingerprint density at radius 2 is 1.16 bits per heavy atom. The molecule has 2 aliphatic carbocycles. The van der Waals surface area contributed by atoms with E-state index in [2.05, 4.69) is 0 Å². The lowest BCUT2D eigenvalue weighted by molar-refractivity contribution is -0.313. The zero-order valence-corrected chi connectivity index (χ0v) is 11.0. The third-order valence-corrected chi connectivity index (χ3v) is 4.92. The van der Waals surface area contributed by atoms with E-state index < -0.39 is 23.9 Å². The average Bonchev–Trinajstić information content (AvgIpc) is 2.38. The van der Waals surface area contributed by atoms with Gasteiger partial charge in [-0.2, -0.15) is 22.0 Å². The van der Waals surface area contributed by atoms with E-state index in [1.165, 1.54) is 0 Å². The van der Waals surface area contributed by atoms with Crippen LogP contribution in [0.2, 0.25) is 0 Å². The molecule has 0 nitrogen and oxygen atoms in total. The van der Waals surface area contributed by atoms with Gasteiger partial charge in [-0.3, -0.25) is 0 Å². The first kappa shape index (κ1) is 15.0. The summed E-state index contributed by atoms with van der Waals surface area (Å²) in [4.78, 5) is 0. The molecular weight excluding hydrogens is 263 g/mol. The van der Waals surface area contributed by atoms with Gasteiger partial charge in [0.05, 0.1) is 0 Å². The summed E-state index contributed by atoms with van der Waals surface area (Å²) in [7, 11) is 0. The molecular formula is C14H21F5. The molecule has 0 spiro atoms. The Morgan fingerprint density at radius 3 is 1.74 bits per heavy atom. The van der Waals surface area contributed by atoms with Gasteiger partial charge in [-0.1, -0.05) is 44.9 Å². The van der Waals surface area contributed by atoms with Crippen molar-refractivity contribution in [2.24, 2.45) is 17.8 Å². The topological polar surface area (TPSA) is 0 Å². The van der Waals surface area contributed by atoms with E-state index in [0.717, 1.165) is 38.5 Å². The molecule has 2 fully saturated rings. The molecule has 1 unspecified atom stereocenters. The van der Waals surface area contributed by atoms with Gasteiger partial charge in [0, 0.05) is 5.92 Å². The van der Waals surface area contributed by atoms with E-state index in [4.69, 9.17) is 0 Å². The van der Waals surface area contributed by atoms with E-state index in [0.29, 0.717) is 12.8 Å². The van der Waals surface area contributed by atoms with E-state index >= 15 is 0 Å². The Balaban J connectivity index is 2.15. The normalized spacial score (nSPS) is 31.4. The first-order valence-electron chi connectivity index (χ1n) is 7.28. The van der Waals surface area contributed by atoms with Crippen molar-refractivity contribution in [3.8, 4) is 0 Å². The number of halogens is 5. The molecule has 0 aromatic heterocycles. The first-order chi connectivity index (χ1) is 8.84.